The van der Waals surface area contributed by atoms with Crippen LogP contribution in [0.5, 0.6) is 11.5 Å². The van der Waals surface area contributed by atoms with E-state index in [-0.39, 0.29) is 0 Å². The van der Waals surface area contributed by atoms with Crippen molar-refractivity contribution >= 4 is 41.3 Å². The van der Waals surface area contributed by atoms with E-state index in [9.17, 15) is 19.2 Å². The largest absolute Gasteiger partial charge is 0.486 e. The van der Waals surface area contributed by atoms with Crippen molar-refractivity contribution in [3.05, 3.63) is 53.6 Å². The second-order valence-electron chi connectivity index (χ2n) is 7.65. The van der Waals surface area contributed by atoms with Crippen LogP contribution in [0, 0.1) is 6.92 Å². The molecule has 186 valence electrons. The summed E-state index contributed by atoms with van der Waals surface area (Å²) in [6, 6.07) is 10.1. The average molecular weight is 502 g/mol. The lowest BCUT2D eigenvalue weighted by atomic mass is 10.1. The second kappa shape index (κ2) is 12.7. The van der Waals surface area contributed by atoms with Crippen molar-refractivity contribution in [2.75, 3.05) is 37.1 Å². The van der Waals surface area contributed by atoms with Gasteiger partial charge in [-0.05, 0) is 49.6 Å². The molecule has 0 radical (unpaired) electrons. The maximum atomic E-state index is 12.5. The number of imide groups is 1. The topological polar surface area (TPSA) is 132 Å². The van der Waals surface area contributed by atoms with E-state index in [4.69, 9.17) is 14.2 Å². The Morgan fingerprint density at radius 1 is 1.06 bits per heavy atom. The molecule has 10 nitrogen and oxygen atoms in total. The predicted octanol–water partition coefficient (Wildman–Crippen LogP) is 2.51. The highest BCUT2D eigenvalue weighted by Gasteiger charge is 2.24. The van der Waals surface area contributed by atoms with Crippen LogP contribution in [0.25, 0.3) is 0 Å². The number of nitrogens with one attached hydrogen (secondary N) is 3. The Morgan fingerprint density at radius 3 is 2.57 bits per heavy atom. The molecule has 4 amide bonds. The SMILES string of the molecule is CSCC[C@@H](NC(=O)c1cccc(C)c1)C(=O)OCC(=O)NC(=O)Nc1ccc2c(c1)OCCO2. The number of aryl methyl sites for hydroxylation is 1. The van der Waals surface area contributed by atoms with E-state index in [1.165, 1.54) is 11.8 Å². The standard InChI is InChI=1S/C24H27N3O7S/c1-15-4-3-5-16(12-15)22(29)26-18(8-11-35-2)23(30)34-14-21(28)27-24(31)25-17-6-7-19-20(13-17)33-10-9-32-19/h3-7,12-13,18H,8-11,14H2,1-2H3,(H,26,29)(H2,25,27,28,31)/t18-/m1/s1. The number of anilines is 1. The molecule has 3 rings (SSSR count). The minimum atomic E-state index is -0.935. The molecule has 0 saturated carbocycles. The summed E-state index contributed by atoms with van der Waals surface area (Å²) in [5.74, 6) is -0.351. The molecule has 1 atom stereocenters. The molecule has 0 spiro atoms. The lowest BCUT2D eigenvalue weighted by Crippen LogP contribution is -2.44. The number of hydrogen-bond acceptors (Lipinski definition) is 8. The monoisotopic (exact) mass is 501 g/mol. The second-order valence-corrected chi connectivity index (χ2v) is 8.63. The Labute approximate surface area is 207 Å². The molecular formula is C24H27N3O7S. The molecular weight excluding hydrogens is 474 g/mol. The Morgan fingerprint density at radius 2 is 1.83 bits per heavy atom. The molecule has 0 unspecified atom stereocenters. The summed E-state index contributed by atoms with van der Waals surface area (Å²) in [7, 11) is 0. The summed E-state index contributed by atoms with van der Waals surface area (Å²) in [6.07, 6.45) is 2.20. The fraction of sp³-hybridized carbons (Fsp3) is 0.333. The summed E-state index contributed by atoms with van der Waals surface area (Å²) >= 11 is 1.51. The van der Waals surface area contributed by atoms with Gasteiger partial charge in [0.25, 0.3) is 11.8 Å². The average Bonchev–Trinajstić information content (AvgIpc) is 2.84. The molecule has 0 aromatic heterocycles. The predicted molar refractivity (Wildman–Crippen MR) is 131 cm³/mol. The summed E-state index contributed by atoms with van der Waals surface area (Å²) < 4.78 is 15.9. The summed E-state index contributed by atoms with van der Waals surface area (Å²) in [4.78, 5) is 49.3. The van der Waals surface area contributed by atoms with Gasteiger partial charge in [0.05, 0.1) is 0 Å². The Hall–Kier alpha value is -3.73. The number of urea groups is 1. The van der Waals surface area contributed by atoms with E-state index in [2.05, 4.69) is 16.0 Å². The quantitative estimate of drug-likeness (QED) is 0.447. The first-order chi connectivity index (χ1) is 16.9. The fourth-order valence-electron chi connectivity index (χ4n) is 3.20. The van der Waals surface area contributed by atoms with Crippen molar-refractivity contribution in [3.63, 3.8) is 0 Å². The van der Waals surface area contributed by atoms with Crippen LogP contribution in [0.1, 0.15) is 22.3 Å². The van der Waals surface area contributed by atoms with E-state index in [1.807, 2.05) is 19.2 Å². The number of carbonyl (C=O) groups excluding carboxylic acids is 4. The van der Waals surface area contributed by atoms with Gasteiger partial charge in [0.1, 0.15) is 19.3 Å². The van der Waals surface area contributed by atoms with Crippen LogP contribution in [-0.2, 0) is 14.3 Å². The summed E-state index contributed by atoms with van der Waals surface area (Å²) in [5.41, 5.74) is 1.72. The van der Waals surface area contributed by atoms with Gasteiger partial charge in [0.2, 0.25) is 0 Å². The first kappa shape index (κ1) is 25.9. The number of ether oxygens (including phenoxy) is 3. The van der Waals surface area contributed by atoms with Crippen molar-refractivity contribution in [1.82, 2.24) is 10.6 Å². The van der Waals surface area contributed by atoms with Gasteiger partial charge >= 0.3 is 12.0 Å². The van der Waals surface area contributed by atoms with Crippen molar-refractivity contribution in [2.24, 2.45) is 0 Å². The molecule has 11 heteroatoms. The Bertz CT molecular complexity index is 1090. The van der Waals surface area contributed by atoms with Crippen LogP contribution < -0.4 is 25.4 Å². The number of rotatable bonds is 9. The van der Waals surface area contributed by atoms with E-state index < -0.39 is 36.5 Å². The van der Waals surface area contributed by atoms with E-state index in [1.54, 1.807) is 36.4 Å². The van der Waals surface area contributed by atoms with Crippen LogP contribution in [0.15, 0.2) is 42.5 Å². The first-order valence-electron chi connectivity index (χ1n) is 10.9. The fourth-order valence-corrected chi connectivity index (χ4v) is 3.67. The number of fused-ring (bicyclic) bond motifs is 1. The molecule has 0 fully saturated rings. The Kier molecular flexibility index (Phi) is 9.36. The van der Waals surface area contributed by atoms with Crippen LogP contribution in [-0.4, -0.2) is 61.7 Å². The van der Waals surface area contributed by atoms with Gasteiger partial charge in [-0.3, -0.25) is 14.9 Å². The highest BCUT2D eigenvalue weighted by Crippen LogP contribution is 2.32. The number of benzene rings is 2. The number of hydrogen-bond donors (Lipinski definition) is 3. The van der Waals surface area contributed by atoms with Crippen molar-refractivity contribution in [2.45, 2.75) is 19.4 Å². The normalized spacial score (nSPS) is 12.7. The maximum absolute atomic E-state index is 12.5. The van der Waals surface area contributed by atoms with E-state index in [0.717, 1.165) is 5.56 Å². The minimum Gasteiger partial charge on any atom is -0.486 e. The van der Waals surface area contributed by atoms with Crippen LogP contribution in [0.2, 0.25) is 0 Å². The third-order valence-corrected chi connectivity index (χ3v) is 5.52. The molecule has 1 aliphatic heterocycles. The minimum absolute atomic E-state index is 0.323. The van der Waals surface area contributed by atoms with Gasteiger partial charge in [0, 0.05) is 17.3 Å². The molecule has 1 heterocycles. The molecule has 2 aromatic rings. The maximum Gasteiger partial charge on any atom is 0.329 e. The lowest BCUT2D eigenvalue weighted by Gasteiger charge is -2.19. The highest BCUT2D eigenvalue weighted by molar-refractivity contribution is 7.98. The molecule has 3 N–H and O–H groups in total. The van der Waals surface area contributed by atoms with Gasteiger partial charge in [0.15, 0.2) is 18.1 Å². The van der Waals surface area contributed by atoms with Gasteiger partial charge < -0.3 is 24.8 Å². The first-order valence-corrected chi connectivity index (χ1v) is 12.3. The van der Waals surface area contributed by atoms with Gasteiger partial charge in [-0.15, -0.1) is 0 Å². The zero-order chi connectivity index (χ0) is 25.2. The highest BCUT2D eigenvalue weighted by atomic mass is 32.2. The summed E-state index contributed by atoms with van der Waals surface area (Å²) in [5, 5.41) is 7.25. The molecule has 0 aliphatic carbocycles. The van der Waals surface area contributed by atoms with Crippen molar-refractivity contribution in [3.8, 4) is 11.5 Å². The van der Waals surface area contributed by atoms with Crippen LogP contribution in [0.4, 0.5) is 10.5 Å². The van der Waals surface area contributed by atoms with Crippen molar-refractivity contribution < 1.29 is 33.4 Å². The van der Waals surface area contributed by atoms with E-state index >= 15 is 0 Å². The Balaban J connectivity index is 1.49. The summed E-state index contributed by atoms with van der Waals surface area (Å²) in [6.45, 7) is 2.03. The number of amides is 4. The van der Waals surface area contributed by atoms with Gasteiger partial charge in [-0.1, -0.05) is 17.7 Å². The van der Waals surface area contributed by atoms with Crippen LogP contribution >= 0.6 is 11.8 Å². The molecule has 0 bridgehead atoms. The van der Waals surface area contributed by atoms with E-state index in [0.29, 0.717) is 48.1 Å². The number of carbonyl (C=O) groups is 4. The van der Waals surface area contributed by atoms with Gasteiger partial charge in [-0.25, -0.2) is 9.59 Å². The number of thioether (sulfide) groups is 1. The molecule has 0 saturated heterocycles. The zero-order valence-corrected chi connectivity index (χ0v) is 20.2. The third-order valence-electron chi connectivity index (χ3n) is 4.88. The smallest absolute Gasteiger partial charge is 0.329 e. The zero-order valence-electron chi connectivity index (χ0n) is 19.4. The third kappa shape index (κ3) is 7.92. The van der Waals surface area contributed by atoms with Crippen molar-refractivity contribution in [1.29, 1.82) is 0 Å². The van der Waals surface area contributed by atoms with Gasteiger partial charge in [-0.2, -0.15) is 11.8 Å². The number of esters is 1. The lowest BCUT2D eigenvalue weighted by molar-refractivity contribution is -0.150. The molecule has 35 heavy (non-hydrogen) atoms. The molecule has 1 aliphatic rings. The van der Waals surface area contributed by atoms with Crippen LogP contribution in [0.3, 0.4) is 0 Å². The molecule has 2 aromatic carbocycles.